The van der Waals surface area contributed by atoms with Crippen molar-refractivity contribution in [1.82, 2.24) is 0 Å². The minimum Gasteiger partial charge on any atom is -1.00 e. The number of allylic oxidation sites excluding steroid dienone is 5. The molecule has 0 aliphatic heterocycles. The third-order valence-corrected chi connectivity index (χ3v) is 4.13. The Hall–Kier alpha value is 0.214. The van der Waals surface area contributed by atoms with Gasteiger partial charge in [-0.1, -0.05) is 38.5 Å². The van der Waals surface area contributed by atoms with Crippen molar-refractivity contribution < 1.29 is 51.3 Å². The molecule has 0 amide bonds. The van der Waals surface area contributed by atoms with Crippen LogP contribution in [0.2, 0.25) is 0 Å². The van der Waals surface area contributed by atoms with Gasteiger partial charge >= 0.3 is 21.7 Å². The van der Waals surface area contributed by atoms with E-state index < -0.39 is 0 Å². The van der Waals surface area contributed by atoms with E-state index in [1.54, 1.807) is 0 Å². The molecule has 0 aromatic heterocycles. The summed E-state index contributed by atoms with van der Waals surface area (Å²) in [5.41, 5.74) is 3.94. The average Bonchev–Trinajstić information content (AvgIpc) is 2.83. The summed E-state index contributed by atoms with van der Waals surface area (Å²) in [6, 6.07) is 0. The minimum atomic E-state index is -0.219. The predicted molar refractivity (Wildman–Crippen MR) is 90.0 cm³/mol. The maximum absolute atomic E-state index is 6.52. The third-order valence-electron chi connectivity index (χ3n) is 4.13. The van der Waals surface area contributed by atoms with E-state index in [0.717, 1.165) is 19.3 Å². The average molecular weight is 404 g/mol. The zero-order valence-electron chi connectivity index (χ0n) is 15.7. The number of ether oxygens (including phenoxy) is 1. The largest absolute Gasteiger partial charge is 3.00 e. The molecule has 0 aromatic rings. The van der Waals surface area contributed by atoms with Gasteiger partial charge in [-0.3, -0.25) is 6.08 Å². The number of rotatable bonds is 4. The summed E-state index contributed by atoms with van der Waals surface area (Å²) in [4.78, 5) is 0. The van der Waals surface area contributed by atoms with Crippen LogP contribution in [0.5, 0.6) is 0 Å². The van der Waals surface area contributed by atoms with Gasteiger partial charge in [-0.25, -0.2) is 11.6 Å². The Morgan fingerprint density at radius 3 is 2.33 bits per heavy atom. The van der Waals surface area contributed by atoms with Gasteiger partial charge in [-0.2, -0.15) is 6.08 Å². The van der Waals surface area contributed by atoms with Crippen LogP contribution in [0.15, 0.2) is 41.0 Å². The first-order valence-corrected chi connectivity index (χ1v) is 8.06. The molecule has 0 N–H and O–H groups in total. The molecule has 0 bridgehead atoms. The van der Waals surface area contributed by atoms with E-state index in [1.807, 2.05) is 0 Å². The second-order valence-corrected chi connectivity index (χ2v) is 7.61. The van der Waals surface area contributed by atoms with Crippen molar-refractivity contribution >= 4 is 0 Å². The van der Waals surface area contributed by atoms with Crippen LogP contribution < -0.4 is 24.8 Å². The molecule has 1 radical (unpaired) electrons. The predicted octanol–water partition coefficient (Wildman–Crippen LogP) is -0.442. The summed E-state index contributed by atoms with van der Waals surface area (Å²) in [6.45, 7) is 13.3. The second-order valence-electron chi connectivity index (χ2n) is 7.61. The Morgan fingerprint density at radius 1 is 1.25 bits per heavy atom. The van der Waals surface area contributed by atoms with Crippen LogP contribution in [0.25, 0.3) is 0 Å². The summed E-state index contributed by atoms with van der Waals surface area (Å²) in [5, 5.41) is 0. The molecule has 133 valence electrons. The normalized spacial score (nSPS) is 22.7. The topological polar surface area (TPSA) is 9.23 Å². The molecule has 24 heavy (non-hydrogen) atoms. The van der Waals surface area contributed by atoms with Gasteiger partial charge in [0.05, 0.1) is 11.7 Å². The van der Waals surface area contributed by atoms with Crippen LogP contribution in [0.3, 0.4) is 0 Å². The molecule has 0 saturated heterocycles. The van der Waals surface area contributed by atoms with Crippen LogP contribution in [0.4, 0.5) is 0 Å². The van der Waals surface area contributed by atoms with E-state index in [1.165, 1.54) is 16.7 Å². The zero-order chi connectivity index (χ0) is 15.7. The van der Waals surface area contributed by atoms with Crippen molar-refractivity contribution in [1.29, 1.82) is 0 Å². The molecule has 2 aliphatic carbocycles. The smallest absolute Gasteiger partial charge is 1.00 e. The first kappa shape index (κ1) is 26.4. The number of hydrogen-bond acceptors (Lipinski definition) is 1. The van der Waals surface area contributed by atoms with Gasteiger partial charge in [0.1, 0.15) is 0 Å². The molecular formula is C20H29Cl2OTi. The van der Waals surface area contributed by atoms with Crippen LogP contribution in [0.1, 0.15) is 60.8 Å². The van der Waals surface area contributed by atoms with Crippen molar-refractivity contribution in [2.24, 2.45) is 5.41 Å². The second kappa shape index (κ2) is 10.4. The van der Waals surface area contributed by atoms with Crippen LogP contribution in [0, 0.1) is 11.5 Å². The van der Waals surface area contributed by atoms with E-state index in [4.69, 9.17) is 4.74 Å². The Morgan fingerprint density at radius 2 is 1.88 bits per heavy atom. The molecular weight excluding hydrogens is 375 g/mol. The fourth-order valence-corrected chi connectivity index (χ4v) is 3.40. The first-order chi connectivity index (χ1) is 9.73. The third kappa shape index (κ3) is 6.50. The van der Waals surface area contributed by atoms with Gasteiger partial charge in [0.25, 0.3) is 0 Å². The fraction of sp³-hybridized carbons (Fsp3) is 0.600. The molecule has 0 fully saturated rings. The van der Waals surface area contributed by atoms with Gasteiger partial charge in [-0.15, -0.1) is 6.42 Å². The molecule has 1 atom stereocenters. The van der Waals surface area contributed by atoms with Gasteiger partial charge in [-0.05, 0) is 44.6 Å². The Bertz CT molecular complexity index is 524. The van der Waals surface area contributed by atoms with E-state index >= 15 is 0 Å². The number of hydrogen-bond donors (Lipinski definition) is 0. The van der Waals surface area contributed by atoms with Crippen molar-refractivity contribution in [3.63, 3.8) is 0 Å². The van der Waals surface area contributed by atoms with Crippen molar-refractivity contribution in [2.45, 2.75) is 72.5 Å². The van der Waals surface area contributed by atoms with Crippen LogP contribution in [-0.4, -0.2) is 11.7 Å². The summed E-state index contributed by atoms with van der Waals surface area (Å²) in [6.07, 6.45) is 15.5. The Labute approximate surface area is 175 Å². The van der Waals surface area contributed by atoms with E-state index in [9.17, 15) is 0 Å². The van der Waals surface area contributed by atoms with Gasteiger partial charge in [0.15, 0.2) is 0 Å². The number of halogens is 2. The zero-order valence-corrected chi connectivity index (χ0v) is 18.7. The minimum absolute atomic E-state index is 0. The fourth-order valence-electron chi connectivity index (χ4n) is 3.40. The molecule has 0 spiro atoms. The molecule has 4 heteroatoms. The van der Waals surface area contributed by atoms with Gasteiger partial charge in [0, 0.05) is 0 Å². The van der Waals surface area contributed by atoms with Gasteiger partial charge in [0.2, 0.25) is 0 Å². The van der Waals surface area contributed by atoms with Crippen molar-refractivity contribution in [3.8, 4) is 0 Å². The standard InChI is InChI=1S/C20H29O.2ClH.Ti/c1-15(2)21-20(14-17-9-7-8-10-17)12-11-16(3)13-18(20)19(4,5)6;;;/h7,9,11,13,15H,8,12,14H2,1-6H3;2*1H;/q-1;;;+3/p-2. The Kier molecular flexibility index (Phi) is 11.4. The van der Waals surface area contributed by atoms with Crippen LogP contribution in [-0.2, 0) is 26.5 Å². The molecule has 1 unspecified atom stereocenters. The quantitative estimate of drug-likeness (QED) is 0.456. The summed E-state index contributed by atoms with van der Waals surface area (Å²) in [7, 11) is 0. The summed E-state index contributed by atoms with van der Waals surface area (Å²) < 4.78 is 6.52. The molecule has 0 heterocycles. The molecule has 2 rings (SSSR count). The Balaban J connectivity index is 0. The maximum Gasteiger partial charge on any atom is 3.00 e. The van der Waals surface area contributed by atoms with E-state index in [2.05, 4.69) is 71.9 Å². The molecule has 0 aromatic carbocycles. The monoisotopic (exact) mass is 403 g/mol. The summed E-state index contributed by atoms with van der Waals surface area (Å²) >= 11 is 0. The molecule has 1 nitrogen and oxygen atoms in total. The maximum atomic E-state index is 6.52. The van der Waals surface area contributed by atoms with E-state index in [-0.39, 0.29) is 63.7 Å². The molecule has 0 saturated carbocycles. The summed E-state index contributed by atoms with van der Waals surface area (Å²) in [5.74, 6) is 0. The SMILES string of the molecule is CC1=CCC(CC2=[C-]CC=C2)(OC(C)C)C(C(C)(C)C)=C1.[Cl-].[Cl-].[Ti+3]. The van der Waals surface area contributed by atoms with Crippen LogP contribution >= 0.6 is 0 Å². The van der Waals surface area contributed by atoms with Gasteiger partial charge < -0.3 is 29.6 Å². The van der Waals surface area contributed by atoms with Crippen molar-refractivity contribution in [2.75, 3.05) is 0 Å². The van der Waals surface area contributed by atoms with E-state index in [0.29, 0.717) is 0 Å². The first-order valence-electron chi connectivity index (χ1n) is 8.06. The van der Waals surface area contributed by atoms with Crippen molar-refractivity contribution in [3.05, 3.63) is 47.1 Å². The molecule has 2 aliphatic rings.